The molecule has 3 aromatic rings. The molecule has 0 radical (unpaired) electrons. The number of allylic oxidation sites excluding steroid dienone is 1. The lowest BCUT2D eigenvalue weighted by Gasteiger charge is -2.29. The zero-order valence-electron chi connectivity index (χ0n) is 16.3. The number of nitrogens with one attached hydrogen (secondary N) is 2. The molecule has 2 aromatic carbocycles. The van der Waals surface area contributed by atoms with Crippen LogP contribution in [0.15, 0.2) is 60.1 Å². The van der Waals surface area contributed by atoms with Crippen LogP contribution < -0.4 is 15.4 Å². The Bertz CT molecular complexity index is 1100. The van der Waals surface area contributed by atoms with E-state index in [0.29, 0.717) is 28.7 Å². The van der Waals surface area contributed by atoms with Crippen LogP contribution in [0.25, 0.3) is 0 Å². The summed E-state index contributed by atoms with van der Waals surface area (Å²) in [5, 5.41) is 20.1. The lowest BCUT2D eigenvalue weighted by atomic mass is 9.95. The highest BCUT2D eigenvalue weighted by Crippen LogP contribution is 2.36. The number of phenols is 1. The van der Waals surface area contributed by atoms with Crippen LogP contribution in [0.3, 0.4) is 0 Å². The topological polar surface area (TPSA) is 101 Å². The van der Waals surface area contributed by atoms with Crippen molar-refractivity contribution < 1.29 is 14.6 Å². The van der Waals surface area contributed by atoms with Gasteiger partial charge in [0.15, 0.2) is 0 Å². The van der Waals surface area contributed by atoms with E-state index in [9.17, 15) is 9.90 Å². The standard InChI is InChI=1S/C21H21N5O3/c1-12-4-9-17(29-3)16(10-12)25-20(28)18-13(2)24-21-22-11-23-26(21)19(18)14-5-7-15(27)8-6-14/h4-11,19,27H,1-3H3,(H,25,28)(H,22,23,24)/t19-/m0/s1. The van der Waals surface area contributed by atoms with E-state index in [1.165, 1.54) is 6.33 Å². The highest BCUT2D eigenvalue weighted by molar-refractivity contribution is 6.06. The summed E-state index contributed by atoms with van der Waals surface area (Å²) in [5.74, 6) is 0.995. The predicted octanol–water partition coefficient (Wildman–Crippen LogP) is 3.23. The molecule has 3 N–H and O–H groups in total. The van der Waals surface area contributed by atoms with Gasteiger partial charge in [-0.2, -0.15) is 10.1 Å². The normalized spacial score (nSPS) is 15.5. The molecule has 148 valence electrons. The number of benzene rings is 2. The van der Waals surface area contributed by atoms with Crippen LogP contribution >= 0.6 is 0 Å². The minimum Gasteiger partial charge on any atom is -0.508 e. The largest absolute Gasteiger partial charge is 0.508 e. The second-order valence-corrected chi connectivity index (χ2v) is 6.84. The number of phenolic OH excluding ortho intramolecular Hbond substituents is 1. The van der Waals surface area contributed by atoms with Gasteiger partial charge >= 0.3 is 0 Å². The molecule has 0 saturated carbocycles. The first kappa shape index (κ1) is 18.5. The number of ether oxygens (including phenoxy) is 1. The van der Waals surface area contributed by atoms with Crippen molar-refractivity contribution in [2.75, 3.05) is 17.7 Å². The monoisotopic (exact) mass is 391 g/mol. The smallest absolute Gasteiger partial charge is 0.255 e. The molecule has 0 fully saturated rings. The summed E-state index contributed by atoms with van der Waals surface area (Å²) in [4.78, 5) is 17.6. The van der Waals surface area contributed by atoms with Gasteiger partial charge in [0, 0.05) is 5.70 Å². The maximum atomic E-state index is 13.4. The second-order valence-electron chi connectivity index (χ2n) is 6.84. The van der Waals surface area contributed by atoms with E-state index in [1.54, 1.807) is 36.1 Å². The molecule has 1 amide bonds. The molecule has 1 aliphatic rings. The van der Waals surface area contributed by atoms with Crippen molar-refractivity contribution in [3.63, 3.8) is 0 Å². The van der Waals surface area contributed by atoms with Gasteiger partial charge in [-0.25, -0.2) is 4.68 Å². The summed E-state index contributed by atoms with van der Waals surface area (Å²) in [7, 11) is 1.56. The Labute approximate surface area is 167 Å². The molecule has 8 nitrogen and oxygen atoms in total. The molecule has 8 heteroatoms. The molecular formula is C21H21N5O3. The van der Waals surface area contributed by atoms with E-state index in [2.05, 4.69) is 20.7 Å². The molecule has 29 heavy (non-hydrogen) atoms. The van der Waals surface area contributed by atoms with E-state index >= 15 is 0 Å². The minimum absolute atomic E-state index is 0.151. The highest BCUT2D eigenvalue weighted by Gasteiger charge is 2.33. The fraction of sp³-hybridized carbons (Fsp3) is 0.190. The van der Waals surface area contributed by atoms with Crippen molar-refractivity contribution in [3.05, 3.63) is 71.2 Å². The molecule has 1 aromatic heterocycles. The fourth-order valence-corrected chi connectivity index (χ4v) is 3.46. The lowest BCUT2D eigenvalue weighted by molar-refractivity contribution is -0.113. The van der Waals surface area contributed by atoms with Crippen molar-refractivity contribution in [2.24, 2.45) is 0 Å². The molecular weight excluding hydrogens is 370 g/mol. The number of aromatic hydroxyl groups is 1. The predicted molar refractivity (Wildman–Crippen MR) is 109 cm³/mol. The van der Waals surface area contributed by atoms with Gasteiger partial charge in [-0.15, -0.1) is 0 Å². The summed E-state index contributed by atoms with van der Waals surface area (Å²) < 4.78 is 7.04. The second kappa shape index (κ2) is 7.31. The number of carbonyl (C=O) groups is 1. The Balaban J connectivity index is 1.76. The zero-order valence-corrected chi connectivity index (χ0v) is 16.3. The van der Waals surface area contributed by atoms with Gasteiger partial charge in [0.2, 0.25) is 5.95 Å². The van der Waals surface area contributed by atoms with Gasteiger partial charge in [0.1, 0.15) is 23.9 Å². The fourth-order valence-electron chi connectivity index (χ4n) is 3.46. The average Bonchev–Trinajstić information content (AvgIpc) is 3.15. The molecule has 4 rings (SSSR count). The quantitative estimate of drug-likeness (QED) is 0.631. The third-order valence-corrected chi connectivity index (χ3v) is 4.85. The van der Waals surface area contributed by atoms with Crippen molar-refractivity contribution in [3.8, 4) is 11.5 Å². The number of aromatic nitrogens is 3. The highest BCUT2D eigenvalue weighted by atomic mass is 16.5. The van der Waals surface area contributed by atoms with Crippen LogP contribution in [0, 0.1) is 6.92 Å². The molecule has 2 heterocycles. The molecule has 0 saturated heterocycles. The van der Waals surface area contributed by atoms with Crippen LogP contribution in [0.5, 0.6) is 11.5 Å². The zero-order chi connectivity index (χ0) is 20.5. The SMILES string of the molecule is COc1ccc(C)cc1NC(=O)C1=C(C)Nc2ncnn2[C@H]1c1ccc(O)cc1. The van der Waals surface area contributed by atoms with Crippen LogP contribution in [-0.4, -0.2) is 32.9 Å². The number of methoxy groups -OCH3 is 1. The third-order valence-electron chi connectivity index (χ3n) is 4.85. The summed E-state index contributed by atoms with van der Waals surface area (Å²) in [6.07, 6.45) is 1.44. The van der Waals surface area contributed by atoms with Crippen LogP contribution in [-0.2, 0) is 4.79 Å². The van der Waals surface area contributed by atoms with Gasteiger partial charge < -0.3 is 20.5 Å². The van der Waals surface area contributed by atoms with E-state index in [1.807, 2.05) is 32.0 Å². The van der Waals surface area contributed by atoms with Gasteiger partial charge in [0.05, 0.1) is 18.4 Å². The number of nitrogens with zero attached hydrogens (tertiary/aromatic N) is 3. The van der Waals surface area contributed by atoms with Crippen LogP contribution in [0.1, 0.15) is 24.1 Å². The maximum absolute atomic E-state index is 13.4. The Kier molecular flexibility index (Phi) is 4.67. The molecule has 1 aliphatic heterocycles. The number of rotatable bonds is 4. The summed E-state index contributed by atoms with van der Waals surface area (Å²) in [6.45, 7) is 3.77. The molecule has 1 atom stereocenters. The van der Waals surface area contributed by atoms with E-state index in [4.69, 9.17) is 4.74 Å². The molecule has 0 spiro atoms. The third kappa shape index (κ3) is 3.40. The van der Waals surface area contributed by atoms with Gasteiger partial charge in [0.25, 0.3) is 5.91 Å². The van der Waals surface area contributed by atoms with Crippen molar-refractivity contribution in [1.29, 1.82) is 0 Å². The van der Waals surface area contributed by atoms with Gasteiger partial charge in [-0.05, 0) is 49.2 Å². The number of hydrogen-bond acceptors (Lipinski definition) is 6. The molecule has 0 unspecified atom stereocenters. The number of hydrogen-bond donors (Lipinski definition) is 3. The summed E-state index contributed by atoms with van der Waals surface area (Å²) in [5.41, 5.74) is 3.57. The van der Waals surface area contributed by atoms with Gasteiger partial charge in [-0.3, -0.25) is 4.79 Å². The first-order valence-electron chi connectivity index (χ1n) is 9.10. The van der Waals surface area contributed by atoms with Gasteiger partial charge in [-0.1, -0.05) is 18.2 Å². The summed E-state index contributed by atoms with van der Waals surface area (Å²) in [6, 6.07) is 11.8. The first-order chi connectivity index (χ1) is 14.0. The van der Waals surface area contributed by atoms with E-state index in [-0.39, 0.29) is 11.7 Å². The first-order valence-corrected chi connectivity index (χ1v) is 9.10. The number of amides is 1. The lowest BCUT2D eigenvalue weighted by Crippen LogP contribution is -2.31. The number of aryl methyl sites for hydroxylation is 1. The maximum Gasteiger partial charge on any atom is 0.255 e. The number of anilines is 2. The number of carbonyl (C=O) groups excluding carboxylic acids is 1. The van der Waals surface area contributed by atoms with E-state index < -0.39 is 6.04 Å². The Morgan fingerprint density at radius 1 is 1.21 bits per heavy atom. The molecule has 0 aliphatic carbocycles. The Morgan fingerprint density at radius 2 is 1.97 bits per heavy atom. The van der Waals surface area contributed by atoms with E-state index in [0.717, 1.165) is 11.1 Å². The Morgan fingerprint density at radius 3 is 2.69 bits per heavy atom. The molecule has 0 bridgehead atoms. The van der Waals surface area contributed by atoms with Crippen molar-refractivity contribution >= 4 is 17.5 Å². The Hall–Kier alpha value is -3.81. The van der Waals surface area contributed by atoms with Crippen LogP contribution in [0.4, 0.5) is 11.6 Å². The van der Waals surface area contributed by atoms with Crippen LogP contribution in [0.2, 0.25) is 0 Å². The van der Waals surface area contributed by atoms with Crippen molar-refractivity contribution in [1.82, 2.24) is 14.8 Å². The average molecular weight is 391 g/mol. The number of fused-ring (bicyclic) bond motifs is 1. The summed E-state index contributed by atoms with van der Waals surface area (Å²) >= 11 is 0. The minimum atomic E-state index is -0.495. The van der Waals surface area contributed by atoms with Crippen molar-refractivity contribution in [2.45, 2.75) is 19.9 Å².